The Morgan fingerprint density at radius 1 is 1.38 bits per heavy atom. The molecule has 21 heavy (non-hydrogen) atoms. The highest BCUT2D eigenvalue weighted by atomic mass is 32.2. The molecule has 0 aliphatic carbocycles. The van der Waals surface area contributed by atoms with Crippen LogP contribution in [0.5, 0.6) is 0 Å². The summed E-state index contributed by atoms with van der Waals surface area (Å²) in [5, 5.41) is 13.8. The number of hydrogen-bond acceptors (Lipinski definition) is 4. The van der Waals surface area contributed by atoms with Crippen LogP contribution in [-0.2, 0) is 11.3 Å². The Balaban J connectivity index is 1.98. The lowest BCUT2D eigenvalue weighted by molar-refractivity contribution is -0.778. The molecule has 1 heterocycles. The van der Waals surface area contributed by atoms with E-state index >= 15 is 0 Å². The number of amides is 1. The fourth-order valence-electron chi connectivity index (χ4n) is 2.06. The molecule has 2 atom stereocenters. The molecule has 0 fully saturated rings. The van der Waals surface area contributed by atoms with Crippen LogP contribution in [0.3, 0.4) is 0 Å². The molecule has 1 aromatic carbocycles. The topological polar surface area (TPSA) is 56.9 Å². The van der Waals surface area contributed by atoms with Crippen LogP contribution in [0.2, 0.25) is 0 Å². The molecule has 1 aromatic rings. The minimum atomic E-state index is -0.408. The predicted octanol–water partition coefficient (Wildman–Crippen LogP) is 1.97. The monoisotopic (exact) mass is 304 g/mol. The van der Waals surface area contributed by atoms with Crippen molar-refractivity contribution >= 4 is 23.9 Å². The maximum absolute atomic E-state index is 12.1. The second-order valence-electron chi connectivity index (χ2n) is 4.97. The second-order valence-corrected chi connectivity index (χ2v) is 5.91. The summed E-state index contributed by atoms with van der Waals surface area (Å²) >= 11 is 1.57. The van der Waals surface area contributed by atoms with Gasteiger partial charge in [0.15, 0.2) is 0 Å². The maximum atomic E-state index is 12.1. The molecule has 112 valence electrons. The third kappa shape index (κ3) is 5.46. The molecule has 5 heteroatoms. The molecule has 1 aliphatic heterocycles. The van der Waals surface area contributed by atoms with Crippen LogP contribution >= 0.6 is 11.8 Å². The molecule has 1 N–H and O–H groups in total. The molecule has 0 saturated carbocycles. The minimum absolute atomic E-state index is 0.262. The first-order valence-corrected chi connectivity index (χ1v) is 8.20. The minimum Gasteiger partial charge on any atom is -0.626 e. The van der Waals surface area contributed by atoms with Crippen LogP contribution in [0.25, 0.3) is 0 Å². The van der Waals surface area contributed by atoms with E-state index in [2.05, 4.69) is 11.1 Å². The lowest BCUT2D eigenvalue weighted by Gasteiger charge is -2.26. The highest BCUT2D eigenvalue weighted by Gasteiger charge is 2.20. The molecule has 0 aromatic heterocycles. The van der Waals surface area contributed by atoms with Gasteiger partial charge in [-0.3, -0.25) is 4.99 Å². The van der Waals surface area contributed by atoms with E-state index in [0.29, 0.717) is 18.7 Å². The highest BCUT2D eigenvalue weighted by Crippen LogP contribution is 2.08. The van der Waals surface area contributed by atoms with Gasteiger partial charge in [0, 0.05) is 0 Å². The van der Waals surface area contributed by atoms with Crippen LogP contribution in [0.15, 0.2) is 46.8 Å². The molecule has 2 rings (SSSR count). The van der Waals surface area contributed by atoms with Gasteiger partial charge in [-0.15, -0.1) is 11.8 Å². The van der Waals surface area contributed by atoms with Crippen LogP contribution in [-0.4, -0.2) is 23.9 Å². The fraction of sp³-hybridized carbons (Fsp3) is 0.375. The number of nitrogens with one attached hydrogen (secondary N) is 1. The van der Waals surface area contributed by atoms with E-state index in [9.17, 15) is 10.0 Å². The second kappa shape index (κ2) is 8.77. The summed E-state index contributed by atoms with van der Waals surface area (Å²) < 4.78 is 0. The van der Waals surface area contributed by atoms with Gasteiger partial charge in [0.2, 0.25) is 0 Å². The quantitative estimate of drug-likeness (QED) is 0.686. The van der Waals surface area contributed by atoms with E-state index in [4.69, 9.17) is 0 Å². The summed E-state index contributed by atoms with van der Waals surface area (Å²) in [7, 11) is 0. The predicted molar refractivity (Wildman–Crippen MR) is 87.2 cm³/mol. The first kappa shape index (κ1) is 15.9. The van der Waals surface area contributed by atoms with Gasteiger partial charge in [0.25, 0.3) is 0 Å². The molecule has 0 saturated heterocycles. The number of allylic oxidation sites excluding steroid dienone is 1. The number of rotatable bonds is 3. The van der Waals surface area contributed by atoms with Gasteiger partial charge < -0.3 is 10.3 Å². The van der Waals surface area contributed by atoms with Crippen molar-refractivity contribution in [2.75, 3.05) is 5.75 Å². The number of nitrogens with zero attached hydrogens (tertiary/aromatic N) is 1. The molecule has 0 spiro atoms. The Hall–Kier alpha value is -1.43. The van der Waals surface area contributed by atoms with Crippen molar-refractivity contribution in [2.24, 2.45) is 4.99 Å². The van der Waals surface area contributed by atoms with Crippen molar-refractivity contribution in [3.05, 3.63) is 52.6 Å². The zero-order chi connectivity index (χ0) is 14.9. The summed E-state index contributed by atoms with van der Waals surface area (Å²) in [6.45, 7) is 0.541. The van der Waals surface area contributed by atoms with E-state index in [1.807, 2.05) is 35.7 Å². The lowest BCUT2D eigenvalue weighted by Crippen LogP contribution is -3.14. The molecular weight excluding hydrogens is 284 g/mol. The van der Waals surface area contributed by atoms with Crippen LogP contribution < -0.4 is 5.06 Å². The Morgan fingerprint density at radius 2 is 2.19 bits per heavy atom. The van der Waals surface area contributed by atoms with Crippen molar-refractivity contribution < 1.29 is 9.86 Å². The van der Waals surface area contributed by atoms with Crippen molar-refractivity contribution in [3.63, 3.8) is 0 Å². The van der Waals surface area contributed by atoms with Crippen LogP contribution in [0.4, 0.5) is 0 Å². The average molecular weight is 304 g/mol. The van der Waals surface area contributed by atoms with E-state index in [1.54, 1.807) is 18.0 Å². The molecule has 1 aliphatic rings. The first-order valence-electron chi connectivity index (χ1n) is 7.15. The number of quaternary nitrogens is 1. The van der Waals surface area contributed by atoms with Gasteiger partial charge in [-0.2, -0.15) is 0 Å². The van der Waals surface area contributed by atoms with Crippen molar-refractivity contribution in [2.45, 2.75) is 31.8 Å². The molecular formula is C16H20N2O2S. The standard InChI is InChI=1S/C16H20N2O2S/c19-16-9-5-2-6-10-21-13-15(18(16)20)12-17-11-14-7-3-1-4-8-14/h1,3-4,6-8,10,12,15,18H,2,5,9,11,13H2/b10-6-,17-12?. The summed E-state index contributed by atoms with van der Waals surface area (Å²) in [5.41, 5.74) is 1.10. The Labute approximate surface area is 129 Å². The third-order valence-electron chi connectivity index (χ3n) is 3.26. The fourth-order valence-corrected chi connectivity index (χ4v) is 2.89. The number of hydroxylamine groups is 2. The first-order chi connectivity index (χ1) is 10.3. The van der Waals surface area contributed by atoms with E-state index in [-0.39, 0.29) is 11.0 Å². The Morgan fingerprint density at radius 3 is 3.00 bits per heavy atom. The SMILES string of the molecule is O=C1CCC/C=C\SCC(C=NCc2ccccc2)[NH+]1[O-]. The summed E-state index contributed by atoms with van der Waals surface area (Å²) in [6.07, 6.45) is 5.66. The molecule has 2 unspecified atom stereocenters. The van der Waals surface area contributed by atoms with E-state index in [1.165, 1.54) is 0 Å². The largest absolute Gasteiger partial charge is 0.626 e. The normalized spacial score (nSPS) is 25.9. The Kier molecular flexibility index (Phi) is 6.66. The molecule has 0 bridgehead atoms. The van der Waals surface area contributed by atoms with Gasteiger partial charge in [0.1, 0.15) is 6.04 Å². The summed E-state index contributed by atoms with van der Waals surface area (Å²) in [5.74, 6) is 0.321. The molecule has 4 nitrogen and oxygen atoms in total. The third-order valence-corrected chi connectivity index (χ3v) is 4.19. The number of thioether (sulfide) groups is 1. The van der Waals surface area contributed by atoms with Gasteiger partial charge in [-0.25, -0.2) is 4.79 Å². The number of benzene rings is 1. The van der Waals surface area contributed by atoms with Gasteiger partial charge in [0.05, 0.1) is 24.9 Å². The summed E-state index contributed by atoms with van der Waals surface area (Å²) in [4.78, 5) is 16.2. The molecule has 0 radical (unpaired) electrons. The van der Waals surface area contributed by atoms with E-state index in [0.717, 1.165) is 18.4 Å². The van der Waals surface area contributed by atoms with E-state index < -0.39 is 6.04 Å². The number of carbonyl (C=O) groups is 1. The lowest BCUT2D eigenvalue weighted by atomic mass is 10.2. The zero-order valence-corrected chi connectivity index (χ0v) is 12.7. The number of aliphatic imine (C=N–C) groups is 1. The highest BCUT2D eigenvalue weighted by molar-refractivity contribution is 8.02. The maximum Gasteiger partial charge on any atom is 0.312 e. The van der Waals surface area contributed by atoms with Crippen molar-refractivity contribution in [1.29, 1.82) is 0 Å². The van der Waals surface area contributed by atoms with Crippen molar-refractivity contribution in [1.82, 2.24) is 0 Å². The smallest absolute Gasteiger partial charge is 0.312 e. The van der Waals surface area contributed by atoms with Crippen LogP contribution in [0, 0.1) is 5.21 Å². The van der Waals surface area contributed by atoms with Crippen molar-refractivity contribution in [3.8, 4) is 0 Å². The number of hydrogen-bond donors (Lipinski definition) is 1. The van der Waals surface area contributed by atoms with Gasteiger partial charge in [-0.05, 0) is 23.8 Å². The van der Waals surface area contributed by atoms with Gasteiger partial charge in [-0.1, -0.05) is 36.4 Å². The summed E-state index contributed by atoms with van der Waals surface area (Å²) in [6, 6.07) is 9.46. The number of carbonyl (C=O) groups excluding carboxylic acids is 1. The average Bonchev–Trinajstić information content (AvgIpc) is 2.52. The molecule has 1 amide bonds. The Bertz CT molecular complexity index is 502. The van der Waals surface area contributed by atoms with Crippen LogP contribution in [0.1, 0.15) is 24.8 Å². The zero-order valence-electron chi connectivity index (χ0n) is 11.9. The van der Waals surface area contributed by atoms with Gasteiger partial charge >= 0.3 is 5.91 Å².